The second kappa shape index (κ2) is 4.84. The first-order chi connectivity index (χ1) is 9.90. The van der Waals surface area contributed by atoms with Gasteiger partial charge in [0.2, 0.25) is 0 Å². The number of hydrogen-bond acceptors (Lipinski definition) is 2. The summed E-state index contributed by atoms with van der Waals surface area (Å²) < 4.78 is 17.5. The molecule has 0 radical (unpaired) electrons. The lowest BCUT2D eigenvalue weighted by atomic mass is 10.2. The van der Waals surface area contributed by atoms with Gasteiger partial charge in [-0.05, 0) is 38.5 Å². The maximum Gasteiger partial charge on any atom is 0.163 e. The maximum absolute atomic E-state index is 13.9. The van der Waals surface area contributed by atoms with Crippen LogP contribution in [0.25, 0.3) is 16.9 Å². The molecule has 0 aliphatic rings. The van der Waals surface area contributed by atoms with E-state index in [1.807, 2.05) is 31.5 Å². The van der Waals surface area contributed by atoms with Gasteiger partial charge in [0.05, 0.1) is 16.8 Å². The van der Waals surface area contributed by atoms with E-state index in [4.69, 9.17) is 11.6 Å². The molecule has 1 aromatic carbocycles. The summed E-state index contributed by atoms with van der Waals surface area (Å²) in [7, 11) is 1.85. The second-order valence-corrected chi connectivity index (χ2v) is 5.89. The quantitative estimate of drug-likeness (QED) is 0.675. The molecule has 0 aliphatic carbocycles. The Labute approximate surface area is 127 Å². The van der Waals surface area contributed by atoms with Gasteiger partial charge in [0, 0.05) is 7.05 Å². The van der Waals surface area contributed by atoms with Crippen molar-refractivity contribution in [2.24, 2.45) is 7.05 Å². The van der Waals surface area contributed by atoms with E-state index < -0.39 is 0 Å². The monoisotopic (exact) mass is 306 g/mol. The number of benzene rings is 1. The number of rotatable bonds is 2. The van der Waals surface area contributed by atoms with Crippen molar-refractivity contribution >= 4 is 22.8 Å². The van der Waals surface area contributed by atoms with Gasteiger partial charge in [-0.15, -0.1) is 11.6 Å². The zero-order valence-corrected chi connectivity index (χ0v) is 13.1. The molecule has 2 heterocycles. The van der Waals surface area contributed by atoms with Gasteiger partial charge in [-0.25, -0.2) is 14.1 Å². The van der Waals surface area contributed by atoms with Gasteiger partial charge in [-0.1, -0.05) is 6.07 Å². The minimum atomic E-state index is -0.291. The molecule has 0 amide bonds. The van der Waals surface area contributed by atoms with E-state index in [0.29, 0.717) is 17.1 Å². The van der Waals surface area contributed by atoms with Crippen LogP contribution < -0.4 is 0 Å². The molecule has 0 aliphatic heterocycles. The summed E-state index contributed by atoms with van der Waals surface area (Å²) >= 11 is 6.26. The van der Waals surface area contributed by atoms with E-state index in [0.717, 1.165) is 16.9 Å². The Morgan fingerprint density at radius 1 is 1.29 bits per heavy atom. The fourth-order valence-electron chi connectivity index (χ4n) is 2.53. The standard InChI is InChI=1S/C15H16ClFN4/c1-8-5-6-11(7-12(8)17)21-14(9(2)16)18-13-10(3)19-20(4)15(13)21/h5-7,9H,1-4H3. The highest BCUT2D eigenvalue weighted by molar-refractivity contribution is 6.20. The summed E-state index contributed by atoms with van der Waals surface area (Å²) in [5, 5.41) is 4.08. The Balaban J connectivity index is 2.38. The van der Waals surface area contributed by atoms with Crippen LogP contribution in [0.3, 0.4) is 0 Å². The molecule has 110 valence electrons. The number of alkyl halides is 1. The molecule has 1 atom stereocenters. The van der Waals surface area contributed by atoms with Crippen LogP contribution in [0.4, 0.5) is 4.39 Å². The molecule has 0 bridgehead atoms. The molecule has 6 heteroatoms. The summed E-state index contributed by atoms with van der Waals surface area (Å²) in [6.07, 6.45) is 0. The normalized spacial score (nSPS) is 13.0. The summed E-state index contributed by atoms with van der Waals surface area (Å²) in [4.78, 5) is 4.59. The highest BCUT2D eigenvalue weighted by Crippen LogP contribution is 2.29. The summed E-state index contributed by atoms with van der Waals surface area (Å²) in [5.41, 5.74) is 3.75. The predicted octanol–water partition coefficient (Wildman–Crippen LogP) is 3.81. The van der Waals surface area contributed by atoms with E-state index in [1.165, 1.54) is 6.07 Å². The van der Waals surface area contributed by atoms with Crippen LogP contribution in [0.2, 0.25) is 0 Å². The first-order valence-electron chi connectivity index (χ1n) is 6.72. The minimum Gasteiger partial charge on any atom is -0.280 e. The smallest absolute Gasteiger partial charge is 0.163 e. The van der Waals surface area contributed by atoms with Crippen LogP contribution in [0, 0.1) is 19.7 Å². The van der Waals surface area contributed by atoms with E-state index >= 15 is 0 Å². The van der Waals surface area contributed by atoms with Crippen molar-refractivity contribution in [1.29, 1.82) is 0 Å². The third-order valence-electron chi connectivity index (χ3n) is 3.60. The van der Waals surface area contributed by atoms with Crippen molar-refractivity contribution in [3.05, 3.63) is 41.1 Å². The van der Waals surface area contributed by atoms with Crippen LogP contribution in [0.15, 0.2) is 18.2 Å². The van der Waals surface area contributed by atoms with Crippen LogP contribution in [-0.2, 0) is 7.05 Å². The lowest BCUT2D eigenvalue weighted by Crippen LogP contribution is -2.06. The first-order valence-corrected chi connectivity index (χ1v) is 7.16. The van der Waals surface area contributed by atoms with Gasteiger partial charge >= 0.3 is 0 Å². The summed E-state index contributed by atoms with van der Waals surface area (Å²) in [5.74, 6) is 0.437. The number of halogens is 2. The molecule has 0 saturated carbocycles. The lowest BCUT2D eigenvalue weighted by molar-refractivity contribution is 0.616. The number of hydrogen-bond donors (Lipinski definition) is 0. The molecule has 3 rings (SSSR count). The first kappa shape index (κ1) is 14.1. The average molecular weight is 307 g/mol. The molecule has 0 saturated heterocycles. The second-order valence-electron chi connectivity index (χ2n) is 5.24. The van der Waals surface area contributed by atoms with Crippen LogP contribution >= 0.6 is 11.6 Å². The van der Waals surface area contributed by atoms with Gasteiger partial charge in [0.25, 0.3) is 0 Å². The SMILES string of the molecule is Cc1ccc(-n2c(C(C)Cl)nc3c(C)nn(C)c32)cc1F. The Morgan fingerprint density at radius 3 is 2.62 bits per heavy atom. The van der Waals surface area contributed by atoms with E-state index in [1.54, 1.807) is 17.7 Å². The number of aromatic nitrogens is 4. The lowest BCUT2D eigenvalue weighted by Gasteiger charge is -2.11. The van der Waals surface area contributed by atoms with Gasteiger partial charge in [-0.2, -0.15) is 5.10 Å². The van der Waals surface area contributed by atoms with Gasteiger partial charge in [0.1, 0.15) is 17.2 Å². The van der Waals surface area contributed by atoms with E-state index in [-0.39, 0.29) is 11.2 Å². The Kier molecular flexibility index (Phi) is 3.24. The number of aryl methyl sites for hydroxylation is 3. The third-order valence-corrected chi connectivity index (χ3v) is 3.79. The Hall–Kier alpha value is -1.88. The zero-order chi connectivity index (χ0) is 15.3. The van der Waals surface area contributed by atoms with Crippen molar-refractivity contribution in [3.8, 4) is 5.69 Å². The van der Waals surface area contributed by atoms with Gasteiger partial charge < -0.3 is 0 Å². The fraction of sp³-hybridized carbons (Fsp3) is 0.333. The molecule has 0 fully saturated rings. The maximum atomic E-state index is 13.9. The molecule has 21 heavy (non-hydrogen) atoms. The molecule has 1 unspecified atom stereocenters. The average Bonchev–Trinajstić information content (AvgIpc) is 2.93. The molecule has 3 aromatic rings. The number of imidazole rings is 1. The molecular weight excluding hydrogens is 291 g/mol. The van der Waals surface area contributed by atoms with E-state index in [9.17, 15) is 4.39 Å². The van der Waals surface area contributed by atoms with Crippen LogP contribution in [-0.4, -0.2) is 19.3 Å². The van der Waals surface area contributed by atoms with Crippen molar-refractivity contribution in [3.63, 3.8) is 0 Å². The van der Waals surface area contributed by atoms with Crippen molar-refractivity contribution < 1.29 is 4.39 Å². The van der Waals surface area contributed by atoms with Gasteiger partial charge in [0.15, 0.2) is 5.65 Å². The fourth-order valence-corrected chi connectivity index (χ4v) is 2.68. The molecule has 0 spiro atoms. The topological polar surface area (TPSA) is 35.6 Å². The highest BCUT2D eigenvalue weighted by atomic mass is 35.5. The van der Waals surface area contributed by atoms with Crippen LogP contribution in [0.1, 0.15) is 29.4 Å². The van der Waals surface area contributed by atoms with E-state index in [2.05, 4.69) is 10.1 Å². The van der Waals surface area contributed by atoms with Crippen molar-refractivity contribution in [2.45, 2.75) is 26.1 Å². The predicted molar refractivity (Wildman–Crippen MR) is 81.5 cm³/mol. The molecular formula is C15H16ClFN4. The van der Waals surface area contributed by atoms with Crippen molar-refractivity contribution in [1.82, 2.24) is 19.3 Å². The molecule has 4 nitrogen and oxygen atoms in total. The summed E-state index contributed by atoms with van der Waals surface area (Å²) in [6, 6.07) is 5.12. The molecule has 2 aromatic heterocycles. The third kappa shape index (κ3) is 2.12. The molecule has 0 N–H and O–H groups in total. The Morgan fingerprint density at radius 2 is 2.00 bits per heavy atom. The van der Waals surface area contributed by atoms with Crippen LogP contribution in [0.5, 0.6) is 0 Å². The zero-order valence-electron chi connectivity index (χ0n) is 12.4. The minimum absolute atomic E-state index is 0.249. The van der Waals surface area contributed by atoms with Gasteiger partial charge in [-0.3, -0.25) is 4.57 Å². The summed E-state index contributed by atoms with van der Waals surface area (Å²) in [6.45, 7) is 5.49. The number of fused-ring (bicyclic) bond motifs is 1. The highest BCUT2D eigenvalue weighted by Gasteiger charge is 2.21. The Bertz CT molecular complexity index is 832. The largest absolute Gasteiger partial charge is 0.280 e. The van der Waals surface area contributed by atoms with Crippen molar-refractivity contribution in [2.75, 3.05) is 0 Å². The number of nitrogens with zero attached hydrogens (tertiary/aromatic N) is 4.